The number of aromatic amines is 1. The van der Waals surface area contributed by atoms with Crippen molar-refractivity contribution < 1.29 is 27.4 Å². The van der Waals surface area contributed by atoms with Gasteiger partial charge in [0.15, 0.2) is 0 Å². The van der Waals surface area contributed by atoms with Crippen LogP contribution in [0.25, 0.3) is 0 Å². The van der Waals surface area contributed by atoms with Gasteiger partial charge in [-0.2, -0.15) is 13.2 Å². The first-order chi connectivity index (χ1) is 12.6. The summed E-state index contributed by atoms with van der Waals surface area (Å²) in [6, 6.07) is 5.65. The number of nitrogens with one attached hydrogen (secondary N) is 1. The van der Waals surface area contributed by atoms with Gasteiger partial charge >= 0.3 is 12.1 Å². The Kier molecular flexibility index (Phi) is 4.46. The molecule has 0 fully saturated rings. The third-order valence-corrected chi connectivity index (χ3v) is 4.21. The van der Waals surface area contributed by atoms with Crippen LogP contribution in [0.4, 0.5) is 13.2 Å². The zero-order valence-electron chi connectivity index (χ0n) is 14.3. The molecule has 1 aliphatic heterocycles. The van der Waals surface area contributed by atoms with Gasteiger partial charge in [0.25, 0.3) is 5.56 Å². The molecule has 1 aromatic carbocycles. The maximum Gasteiger partial charge on any atom is 0.416 e. The topological polar surface area (TPSA) is 94.4 Å². The van der Waals surface area contributed by atoms with Gasteiger partial charge in [-0.05, 0) is 24.6 Å². The molecule has 0 amide bonds. The number of rotatable bonds is 2. The van der Waals surface area contributed by atoms with Crippen LogP contribution in [0.1, 0.15) is 28.3 Å². The minimum absolute atomic E-state index is 0.0648. The van der Waals surface area contributed by atoms with Crippen molar-refractivity contribution in [1.29, 1.82) is 0 Å². The second-order valence-corrected chi connectivity index (χ2v) is 5.98. The van der Waals surface area contributed by atoms with E-state index in [0.29, 0.717) is 5.69 Å². The van der Waals surface area contributed by atoms with Crippen molar-refractivity contribution >= 4 is 5.97 Å². The summed E-state index contributed by atoms with van der Waals surface area (Å²) in [5.74, 6) is -2.02. The van der Waals surface area contributed by atoms with Crippen molar-refractivity contribution in [1.82, 2.24) is 4.98 Å². The highest BCUT2D eigenvalue weighted by Crippen LogP contribution is 2.41. The molecule has 3 N–H and O–H groups in total. The van der Waals surface area contributed by atoms with Crippen LogP contribution >= 0.6 is 0 Å². The van der Waals surface area contributed by atoms with Gasteiger partial charge in [0.05, 0.1) is 24.2 Å². The van der Waals surface area contributed by atoms with Crippen LogP contribution in [-0.4, -0.2) is 18.1 Å². The molecular weight excluding hydrogens is 365 g/mol. The van der Waals surface area contributed by atoms with Gasteiger partial charge in [0.2, 0.25) is 5.88 Å². The van der Waals surface area contributed by atoms with Crippen LogP contribution in [0.5, 0.6) is 5.75 Å². The van der Waals surface area contributed by atoms with E-state index in [4.69, 9.17) is 15.2 Å². The molecule has 0 saturated heterocycles. The van der Waals surface area contributed by atoms with Gasteiger partial charge in [-0.3, -0.25) is 4.79 Å². The monoisotopic (exact) mass is 380 g/mol. The fourth-order valence-electron chi connectivity index (χ4n) is 3.01. The molecule has 0 radical (unpaired) electrons. The number of halogens is 3. The summed E-state index contributed by atoms with van der Waals surface area (Å²) in [7, 11) is 1.13. The van der Waals surface area contributed by atoms with Crippen molar-refractivity contribution in [2.45, 2.75) is 19.0 Å². The molecule has 1 atom stereocenters. The smallest absolute Gasteiger partial charge is 0.416 e. The summed E-state index contributed by atoms with van der Waals surface area (Å²) < 4.78 is 48.7. The van der Waals surface area contributed by atoms with Crippen molar-refractivity contribution in [3.05, 3.63) is 74.5 Å². The van der Waals surface area contributed by atoms with Gasteiger partial charge in [-0.25, -0.2) is 4.79 Å². The number of H-pyrrole nitrogens is 1. The Bertz CT molecular complexity index is 991. The fraction of sp³-hybridized carbons (Fsp3) is 0.222. The fourth-order valence-corrected chi connectivity index (χ4v) is 3.01. The number of alkyl halides is 3. The number of pyridine rings is 1. The Balaban J connectivity index is 2.23. The van der Waals surface area contributed by atoms with Crippen molar-refractivity contribution in [3.63, 3.8) is 0 Å². The lowest BCUT2D eigenvalue weighted by atomic mass is 9.83. The number of aryl methyl sites for hydroxylation is 1. The molecule has 142 valence electrons. The summed E-state index contributed by atoms with van der Waals surface area (Å²) in [4.78, 5) is 27.4. The predicted molar refractivity (Wildman–Crippen MR) is 88.9 cm³/mol. The molecule has 3 rings (SSSR count). The minimum Gasteiger partial charge on any atom is -0.465 e. The Morgan fingerprint density at radius 1 is 1.26 bits per heavy atom. The Morgan fingerprint density at radius 3 is 2.44 bits per heavy atom. The average Bonchev–Trinajstić information content (AvgIpc) is 2.59. The molecule has 0 saturated carbocycles. The number of hydrogen-bond donors (Lipinski definition) is 2. The highest BCUT2D eigenvalue weighted by Gasteiger charge is 2.38. The maximum absolute atomic E-state index is 12.9. The van der Waals surface area contributed by atoms with Crippen LogP contribution < -0.4 is 16.0 Å². The number of carbonyl (C=O) groups is 1. The van der Waals surface area contributed by atoms with Crippen LogP contribution in [0.15, 0.2) is 46.6 Å². The first kappa shape index (κ1) is 18.6. The number of methoxy groups -OCH3 is 1. The second-order valence-electron chi connectivity index (χ2n) is 5.98. The molecule has 1 aromatic heterocycles. The molecular formula is C18H15F3N2O4. The molecule has 0 bridgehead atoms. The van der Waals surface area contributed by atoms with Crippen molar-refractivity contribution in [2.24, 2.45) is 5.73 Å². The van der Waals surface area contributed by atoms with Crippen LogP contribution in [0, 0.1) is 6.92 Å². The number of carbonyl (C=O) groups excluding carboxylic acids is 1. The number of esters is 1. The van der Waals surface area contributed by atoms with E-state index in [1.54, 1.807) is 6.92 Å². The van der Waals surface area contributed by atoms with Gasteiger partial charge in [0.1, 0.15) is 11.3 Å². The van der Waals surface area contributed by atoms with E-state index >= 15 is 0 Å². The standard InChI is InChI=1S/C18H15F3N2O4/c1-8-7-11-13(16(24)23-8)12(14(15(22)27-11)17(25)26-2)9-3-5-10(6-4-9)18(19,20)21/h3-7,12H,22H2,1-2H3,(H,23,24)/t12-/m0/s1. The summed E-state index contributed by atoms with van der Waals surface area (Å²) in [5.41, 5.74) is 5.15. The lowest BCUT2D eigenvalue weighted by Gasteiger charge is -2.27. The van der Waals surface area contributed by atoms with E-state index in [1.807, 2.05) is 0 Å². The number of fused-ring (bicyclic) bond motifs is 1. The summed E-state index contributed by atoms with van der Waals surface area (Å²) in [6.45, 7) is 1.63. The summed E-state index contributed by atoms with van der Waals surface area (Å²) in [6.07, 6.45) is -4.51. The molecule has 6 nitrogen and oxygen atoms in total. The van der Waals surface area contributed by atoms with E-state index in [9.17, 15) is 22.8 Å². The van der Waals surface area contributed by atoms with Crippen LogP contribution in [-0.2, 0) is 15.7 Å². The van der Waals surface area contributed by atoms with Gasteiger partial charge in [-0.15, -0.1) is 0 Å². The van der Waals surface area contributed by atoms with E-state index < -0.39 is 29.2 Å². The summed E-state index contributed by atoms with van der Waals surface area (Å²) in [5, 5.41) is 0. The molecule has 9 heteroatoms. The average molecular weight is 380 g/mol. The highest BCUT2D eigenvalue weighted by molar-refractivity contribution is 5.92. The van der Waals surface area contributed by atoms with E-state index in [1.165, 1.54) is 18.2 Å². The number of benzene rings is 1. The Hall–Kier alpha value is -3.23. The minimum atomic E-state index is -4.51. The van der Waals surface area contributed by atoms with E-state index in [2.05, 4.69) is 4.98 Å². The Labute approximate surface area is 151 Å². The molecule has 0 unspecified atom stereocenters. The zero-order chi connectivity index (χ0) is 19.9. The van der Waals surface area contributed by atoms with E-state index in [-0.39, 0.29) is 28.3 Å². The van der Waals surface area contributed by atoms with Gasteiger partial charge in [-0.1, -0.05) is 12.1 Å². The third-order valence-electron chi connectivity index (χ3n) is 4.21. The SMILES string of the molecule is COC(=O)C1=C(N)Oc2cc(C)[nH]c(=O)c2[C@@H]1c1ccc(C(F)(F)F)cc1. The number of aromatic nitrogens is 1. The number of ether oxygens (including phenoxy) is 2. The second kappa shape index (κ2) is 6.49. The lowest BCUT2D eigenvalue weighted by Crippen LogP contribution is -2.31. The highest BCUT2D eigenvalue weighted by atomic mass is 19.4. The molecule has 2 aromatic rings. The first-order valence-electron chi connectivity index (χ1n) is 7.80. The van der Waals surface area contributed by atoms with E-state index in [0.717, 1.165) is 19.2 Å². The largest absolute Gasteiger partial charge is 0.465 e. The number of nitrogens with two attached hydrogens (primary N) is 1. The summed E-state index contributed by atoms with van der Waals surface area (Å²) >= 11 is 0. The zero-order valence-corrected chi connectivity index (χ0v) is 14.3. The van der Waals surface area contributed by atoms with Crippen molar-refractivity contribution in [3.8, 4) is 5.75 Å². The van der Waals surface area contributed by atoms with Gasteiger partial charge in [0, 0.05) is 11.8 Å². The lowest BCUT2D eigenvalue weighted by molar-refractivity contribution is -0.138. The number of hydrogen-bond acceptors (Lipinski definition) is 5. The maximum atomic E-state index is 12.9. The van der Waals surface area contributed by atoms with Crippen molar-refractivity contribution in [2.75, 3.05) is 7.11 Å². The molecule has 0 spiro atoms. The van der Waals surface area contributed by atoms with Crippen LogP contribution in [0.2, 0.25) is 0 Å². The molecule has 2 heterocycles. The quantitative estimate of drug-likeness (QED) is 0.781. The normalized spacial score (nSPS) is 16.6. The first-order valence-corrected chi connectivity index (χ1v) is 7.80. The van der Waals surface area contributed by atoms with Gasteiger partial charge < -0.3 is 20.2 Å². The van der Waals surface area contributed by atoms with Crippen LogP contribution in [0.3, 0.4) is 0 Å². The third kappa shape index (κ3) is 3.27. The molecule has 27 heavy (non-hydrogen) atoms. The Morgan fingerprint density at radius 2 is 1.89 bits per heavy atom. The molecule has 0 aliphatic carbocycles. The predicted octanol–water partition coefficient (Wildman–Crippen LogP) is 2.57. The molecule has 1 aliphatic rings.